The molecule has 1 aliphatic rings. The van der Waals surface area contributed by atoms with E-state index in [1.807, 2.05) is 6.92 Å². The number of aliphatic hydroxyl groups is 5. The fourth-order valence-corrected chi connectivity index (χ4v) is 6.04. The predicted octanol–water partition coefficient (Wildman–Crippen LogP) is 4.71. The largest absolute Gasteiger partial charge is 0.472 e. The summed E-state index contributed by atoms with van der Waals surface area (Å²) in [6.45, 7) is 2.92. The van der Waals surface area contributed by atoms with Gasteiger partial charge >= 0.3 is 19.8 Å². The summed E-state index contributed by atoms with van der Waals surface area (Å²) in [5, 5.41) is 49.6. The molecule has 0 bridgehead atoms. The van der Waals surface area contributed by atoms with E-state index in [9.17, 15) is 44.6 Å². The van der Waals surface area contributed by atoms with Crippen LogP contribution in [0.2, 0.25) is 0 Å². The number of esters is 2. The number of phosphoric acid groups is 1. The minimum atomic E-state index is -5.09. The van der Waals surface area contributed by atoms with Gasteiger partial charge < -0.3 is 39.9 Å². The Hall–Kier alpha value is -1.93. The van der Waals surface area contributed by atoms with Crippen molar-refractivity contribution in [3.8, 4) is 0 Å². The lowest BCUT2D eigenvalue weighted by Gasteiger charge is -2.41. The number of phosphoric ester groups is 1. The smallest absolute Gasteiger partial charge is 0.462 e. The Balaban J connectivity index is 2.44. The summed E-state index contributed by atoms with van der Waals surface area (Å²) in [4.78, 5) is 34.9. The average Bonchev–Trinajstić information content (AvgIpc) is 3.07. The van der Waals surface area contributed by atoms with Crippen molar-refractivity contribution in [2.24, 2.45) is 0 Å². The van der Waals surface area contributed by atoms with E-state index < -0.39 is 75.7 Å². The summed E-state index contributed by atoms with van der Waals surface area (Å²) in [6.07, 6.45) is 13.4. The zero-order valence-electron chi connectivity index (χ0n) is 29.2. The zero-order valence-corrected chi connectivity index (χ0v) is 30.1. The van der Waals surface area contributed by atoms with E-state index in [0.29, 0.717) is 12.8 Å². The molecule has 6 unspecified atom stereocenters. The van der Waals surface area contributed by atoms with Gasteiger partial charge in [0.15, 0.2) is 6.10 Å². The molecule has 1 fully saturated rings. The molecule has 6 atom stereocenters. The molecule has 14 heteroatoms. The van der Waals surface area contributed by atoms with Gasteiger partial charge in [-0.15, -0.1) is 0 Å². The molecule has 0 aromatic heterocycles. The number of ether oxygens (including phenoxy) is 2. The normalized spacial score (nSPS) is 24.8. The van der Waals surface area contributed by atoms with E-state index >= 15 is 0 Å². The third kappa shape index (κ3) is 20.5. The Morgan fingerprint density at radius 3 is 1.78 bits per heavy atom. The number of carbonyl (C=O) groups excluding carboxylic acids is 2. The van der Waals surface area contributed by atoms with Crippen molar-refractivity contribution < 1.29 is 63.1 Å². The molecule has 0 amide bonds. The van der Waals surface area contributed by atoms with Crippen LogP contribution in [0, 0.1) is 0 Å². The van der Waals surface area contributed by atoms with Crippen LogP contribution in [-0.2, 0) is 32.7 Å². The van der Waals surface area contributed by atoms with Gasteiger partial charge in [-0.2, -0.15) is 0 Å². The molecule has 1 rings (SSSR count). The lowest BCUT2D eigenvalue weighted by Crippen LogP contribution is -2.64. The van der Waals surface area contributed by atoms with E-state index in [4.69, 9.17) is 18.5 Å². The second-order valence-electron chi connectivity index (χ2n) is 12.3. The highest BCUT2D eigenvalue weighted by Crippen LogP contribution is 2.47. The van der Waals surface area contributed by atoms with E-state index in [2.05, 4.69) is 43.4 Å². The number of allylic oxidation sites excluding steroid dienone is 6. The summed E-state index contributed by atoms with van der Waals surface area (Å²) in [6, 6.07) is 0. The quantitative estimate of drug-likeness (QED) is 0.0294. The van der Waals surface area contributed by atoms with Crippen LogP contribution in [0.1, 0.15) is 117 Å². The van der Waals surface area contributed by atoms with Gasteiger partial charge in [0, 0.05) is 12.8 Å². The van der Waals surface area contributed by atoms with Gasteiger partial charge in [-0.1, -0.05) is 95.2 Å². The highest BCUT2D eigenvalue weighted by atomic mass is 31.2. The van der Waals surface area contributed by atoms with Crippen LogP contribution in [-0.4, -0.2) is 98.3 Å². The van der Waals surface area contributed by atoms with Gasteiger partial charge in [-0.05, 0) is 44.9 Å². The van der Waals surface area contributed by atoms with E-state index in [-0.39, 0.29) is 12.8 Å². The molecule has 0 aliphatic heterocycles. The molecule has 284 valence electrons. The Morgan fingerprint density at radius 1 is 0.653 bits per heavy atom. The first-order valence-corrected chi connectivity index (χ1v) is 19.3. The summed E-state index contributed by atoms with van der Waals surface area (Å²) < 4.78 is 32.9. The van der Waals surface area contributed by atoms with Crippen LogP contribution in [0.25, 0.3) is 0 Å². The number of hydrogen-bond donors (Lipinski definition) is 6. The van der Waals surface area contributed by atoms with Gasteiger partial charge in [0.1, 0.15) is 43.2 Å². The maximum absolute atomic E-state index is 12.6. The first kappa shape index (κ1) is 45.1. The molecule has 0 radical (unpaired) electrons. The lowest BCUT2D eigenvalue weighted by atomic mass is 9.85. The van der Waals surface area contributed by atoms with Crippen LogP contribution in [0.15, 0.2) is 36.5 Å². The van der Waals surface area contributed by atoms with Crippen molar-refractivity contribution in [3.05, 3.63) is 36.5 Å². The van der Waals surface area contributed by atoms with Crippen molar-refractivity contribution in [3.63, 3.8) is 0 Å². The highest BCUT2D eigenvalue weighted by molar-refractivity contribution is 7.47. The van der Waals surface area contributed by atoms with Gasteiger partial charge in [0.05, 0.1) is 6.61 Å². The van der Waals surface area contributed by atoms with Crippen molar-refractivity contribution in [1.82, 2.24) is 0 Å². The molecule has 13 nitrogen and oxygen atoms in total. The molecule has 0 spiro atoms. The third-order valence-corrected chi connectivity index (χ3v) is 8.98. The van der Waals surface area contributed by atoms with E-state index in [1.165, 1.54) is 0 Å². The second kappa shape index (κ2) is 26.8. The highest BCUT2D eigenvalue weighted by Gasteiger charge is 2.51. The maximum atomic E-state index is 12.6. The molecule has 0 saturated heterocycles. The molecule has 49 heavy (non-hydrogen) atoms. The fourth-order valence-electron chi connectivity index (χ4n) is 5.06. The van der Waals surface area contributed by atoms with Crippen molar-refractivity contribution in [2.45, 2.75) is 159 Å². The van der Waals surface area contributed by atoms with E-state index in [0.717, 1.165) is 77.0 Å². The Morgan fingerprint density at radius 2 is 1.16 bits per heavy atom. The van der Waals surface area contributed by atoms with Gasteiger partial charge in [-0.3, -0.25) is 18.6 Å². The lowest BCUT2D eigenvalue weighted by molar-refractivity contribution is -0.220. The minimum Gasteiger partial charge on any atom is -0.462 e. The summed E-state index contributed by atoms with van der Waals surface area (Å²) >= 11 is 0. The number of unbranched alkanes of at least 4 members (excludes halogenated alkanes) is 9. The summed E-state index contributed by atoms with van der Waals surface area (Å²) in [7, 11) is -5.09. The van der Waals surface area contributed by atoms with Crippen LogP contribution >= 0.6 is 7.82 Å². The summed E-state index contributed by atoms with van der Waals surface area (Å²) in [5.74, 6) is -1.14. The number of rotatable bonds is 27. The summed E-state index contributed by atoms with van der Waals surface area (Å²) in [5.41, 5.74) is 0. The number of hydrogen-bond acceptors (Lipinski definition) is 12. The molecule has 1 aliphatic carbocycles. The molecule has 1 saturated carbocycles. The van der Waals surface area contributed by atoms with Crippen LogP contribution in [0.3, 0.4) is 0 Å². The zero-order chi connectivity index (χ0) is 36.5. The van der Waals surface area contributed by atoms with Crippen molar-refractivity contribution >= 4 is 19.8 Å². The van der Waals surface area contributed by atoms with Gasteiger partial charge in [-0.25, -0.2) is 4.57 Å². The molecule has 0 aromatic rings. The van der Waals surface area contributed by atoms with Crippen LogP contribution < -0.4 is 0 Å². The topological polar surface area (TPSA) is 210 Å². The fraction of sp³-hybridized carbons (Fsp3) is 0.771. The van der Waals surface area contributed by atoms with Crippen LogP contribution in [0.4, 0.5) is 0 Å². The van der Waals surface area contributed by atoms with E-state index in [1.54, 1.807) is 0 Å². The Labute approximate surface area is 291 Å². The monoisotopic (exact) mass is 720 g/mol. The third-order valence-electron chi connectivity index (χ3n) is 8.00. The molecular weight excluding hydrogens is 659 g/mol. The number of carbonyl (C=O) groups is 2. The predicted molar refractivity (Wildman–Crippen MR) is 184 cm³/mol. The average molecular weight is 721 g/mol. The molecule has 0 heterocycles. The second-order valence-corrected chi connectivity index (χ2v) is 13.8. The standard InChI is InChI=1S/C35H61O13P/c1-3-5-7-8-9-10-11-12-13-14-15-16-17-18-19-20-22-24-29(37)47-27(25-45-28(36)23-21-6-4-2)26-46-49(43,44)48-35-33(41)31(39)30(38)32(40)34(35)42/h5,7,9-10,12-13,27,30-35,38-42H,3-4,6,8,11,14-26H2,1-2H3,(H,43,44)/b7-5-,10-9-,13-12-. The Bertz CT molecular complexity index is 1020. The number of aliphatic hydroxyl groups excluding tert-OH is 5. The molecule has 0 aromatic carbocycles. The Kier molecular flexibility index (Phi) is 24.7. The van der Waals surface area contributed by atoms with Crippen molar-refractivity contribution in [2.75, 3.05) is 13.2 Å². The SMILES string of the molecule is CC/C=C\C/C=C\C/C=C\CCCCCCCCCC(=O)OC(COC(=O)CCCCC)COP(=O)(O)OC1C(O)C(O)C(O)C(O)C1O. The maximum Gasteiger partial charge on any atom is 0.472 e. The van der Waals surface area contributed by atoms with Gasteiger partial charge in [0.2, 0.25) is 0 Å². The van der Waals surface area contributed by atoms with Crippen LogP contribution in [0.5, 0.6) is 0 Å². The van der Waals surface area contributed by atoms with Gasteiger partial charge in [0.25, 0.3) is 0 Å². The molecular formula is C35H61O13P. The minimum absolute atomic E-state index is 0.0843. The molecule has 6 N–H and O–H groups in total. The first-order valence-electron chi connectivity index (χ1n) is 17.8. The first-order chi connectivity index (χ1) is 23.4. The van der Waals surface area contributed by atoms with Crippen molar-refractivity contribution in [1.29, 1.82) is 0 Å².